The van der Waals surface area contributed by atoms with Crippen LogP contribution in [0.2, 0.25) is 0 Å². The summed E-state index contributed by atoms with van der Waals surface area (Å²) in [6.45, 7) is 5.38. The van der Waals surface area contributed by atoms with Crippen LogP contribution in [0.25, 0.3) is 0 Å². The van der Waals surface area contributed by atoms with E-state index in [4.69, 9.17) is 15.2 Å². The topological polar surface area (TPSA) is 120 Å². The molecule has 0 bridgehead atoms. The average Bonchev–Trinajstić information content (AvgIpc) is 2.72. The maximum atomic E-state index is 12.3. The number of esters is 1. The number of nitrogens with two attached hydrogens (primary N) is 1. The molecular formula is C23H27N3O5S. The minimum absolute atomic E-state index is 0.00935. The van der Waals surface area contributed by atoms with Crippen LogP contribution >= 0.6 is 11.8 Å². The molecule has 0 aliphatic carbocycles. The van der Waals surface area contributed by atoms with Crippen molar-refractivity contribution in [3.8, 4) is 5.75 Å². The molecule has 4 N–H and O–H groups in total. The van der Waals surface area contributed by atoms with Gasteiger partial charge in [0.2, 0.25) is 5.91 Å². The SMILES string of the molecule is CC(C)(C)OC(=O)CCC(N)C(=O)Nc1ccc(Sc2ccc3c(c2)OCC(=O)N3)cc1. The van der Waals surface area contributed by atoms with Crippen LogP contribution in [0.3, 0.4) is 0 Å². The molecule has 3 rings (SSSR count). The third kappa shape index (κ3) is 7.00. The van der Waals surface area contributed by atoms with E-state index in [9.17, 15) is 14.4 Å². The predicted molar refractivity (Wildman–Crippen MR) is 123 cm³/mol. The maximum absolute atomic E-state index is 12.3. The number of ether oxygens (including phenoxy) is 2. The van der Waals surface area contributed by atoms with Gasteiger partial charge in [0.15, 0.2) is 6.61 Å². The van der Waals surface area contributed by atoms with Gasteiger partial charge in [-0.2, -0.15) is 0 Å². The highest BCUT2D eigenvalue weighted by Gasteiger charge is 2.20. The number of carbonyl (C=O) groups is 3. The number of hydrogen-bond acceptors (Lipinski definition) is 7. The standard InChI is InChI=1S/C23H27N3O5S/c1-23(2,3)31-21(28)11-9-17(24)22(29)25-14-4-6-15(7-5-14)32-16-8-10-18-19(12-16)30-13-20(27)26-18/h4-8,10,12,17H,9,11,13,24H2,1-3H3,(H,25,29)(H,26,27). The van der Waals surface area contributed by atoms with Crippen molar-refractivity contribution in [3.05, 3.63) is 42.5 Å². The Hall–Kier alpha value is -3.04. The summed E-state index contributed by atoms with van der Waals surface area (Å²) in [6, 6.07) is 12.1. The van der Waals surface area contributed by atoms with Gasteiger partial charge in [0, 0.05) is 21.9 Å². The number of benzene rings is 2. The third-order valence-electron chi connectivity index (χ3n) is 4.36. The smallest absolute Gasteiger partial charge is 0.306 e. The molecule has 0 saturated heterocycles. The molecule has 1 heterocycles. The van der Waals surface area contributed by atoms with E-state index in [1.54, 1.807) is 32.9 Å². The lowest BCUT2D eigenvalue weighted by molar-refractivity contribution is -0.155. The highest BCUT2D eigenvalue weighted by molar-refractivity contribution is 7.99. The van der Waals surface area contributed by atoms with Crippen LogP contribution in [0.1, 0.15) is 33.6 Å². The van der Waals surface area contributed by atoms with Crippen LogP contribution in [0.15, 0.2) is 52.3 Å². The highest BCUT2D eigenvalue weighted by atomic mass is 32.2. The van der Waals surface area contributed by atoms with Crippen LogP contribution in [-0.2, 0) is 19.1 Å². The molecule has 1 unspecified atom stereocenters. The molecule has 1 aliphatic heterocycles. The maximum Gasteiger partial charge on any atom is 0.306 e. The molecule has 8 nitrogen and oxygen atoms in total. The first kappa shape index (κ1) is 23.6. The van der Waals surface area contributed by atoms with E-state index >= 15 is 0 Å². The van der Waals surface area contributed by atoms with E-state index in [-0.39, 0.29) is 37.2 Å². The van der Waals surface area contributed by atoms with Gasteiger partial charge in [-0.15, -0.1) is 0 Å². The van der Waals surface area contributed by atoms with Crippen LogP contribution in [0.5, 0.6) is 5.75 Å². The molecule has 32 heavy (non-hydrogen) atoms. The van der Waals surface area contributed by atoms with E-state index in [0.717, 1.165) is 9.79 Å². The first-order valence-electron chi connectivity index (χ1n) is 10.2. The van der Waals surface area contributed by atoms with Crippen molar-refractivity contribution in [1.29, 1.82) is 0 Å². The monoisotopic (exact) mass is 457 g/mol. The van der Waals surface area contributed by atoms with Crippen molar-refractivity contribution >= 4 is 40.9 Å². The van der Waals surface area contributed by atoms with Crippen molar-refractivity contribution in [3.63, 3.8) is 0 Å². The molecule has 1 atom stereocenters. The summed E-state index contributed by atoms with van der Waals surface area (Å²) in [5, 5.41) is 5.53. The van der Waals surface area contributed by atoms with Gasteiger partial charge in [-0.1, -0.05) is 11.8 Å². The molecule has 0 spiro atoms. The Kier molecular flexibility index (Phi) is 7.42. The predicted octanol–water partition coefficient (Wildman–Crippen LogP) is 3.56. The normalized spacial score (nSPS) is 13.9. The Balaban J connectivity index is 1.50. The second-order valence-electron chi connectivity index (χ2n) is 8.34. The van der Waals surface area contributed by atoms with Crippen LogP contribution in [-0.4, -0.2) is 36.0 Å². The molecule has 1 aliphatic rings. The fourth-order valence-electron chi connectivity index (χ4n) is 2.89. The lowest BCUT2D eigenvalue weighted by Gasteiger charge is -2.20. The van der Waals surface area contributed by atoms with Crippen molar-refractivity contribution in [2.24, 2.45) is 5.73 Å². The zero-order valence-corrected chi connectivity index (χ0v) is 19.1. The quantitative estimate of drug-likeness (QED) is 0.544. The van der Waals surface area contributed by atoms with Gasteiger partial charge in [-0.25, -0.2) is 0 Å². The highest BCUT2D eigenvalue weighted by Crippen LogP contribution is 2.35. The summed E-state index contributed by atoms with van der Waals surface area (Å²) >= 11 is 1.53. The fraction of sp³-hybridized carbons (Fsp3) is 0.348. The number of amides is 2. The Morgan fingerprint density at radius 2 is 1.88 bits per heavy atom. The summed E-state index contributed by atoms with van der Waals surface area (Å²) < 4.78 is 10.7. The minimum atomic E-state index is -0.812. The average molecular weight is 458 g/mol. The molecule has 0 radical (unpaired) electrons. The summed E-state index contributed by atoms with van der Waals surface area (Å²) in [5.41, 5.74) is 6.62. The van der Waals surface area contributed by atoms with Gasteiger partial charge in [-0.3, -0.25) is 14.4 Å². The summed E-state index contributed by atoms with van der Waals surface area (Å²) in [6.07, 6.45) is 0.283. The van der Waals surface area contributed by atoms with Gasteiger partial charge in [0.05, 0.1) is 11.7 Å². The van der Waals surface area contributed by atoms with Crippen molar-refractivity contribution in [1.82, 2.24) is 0 Å². The fourth-order valence-corrected chi connectivity index (χ4v) is 3.74. The summed E-state index contributed by atoms with van der Waals surface area (Å²) in [4.78, 5) is 37.4. The Labute approximate surface area is 191 Å². The first-order valence-corrected chi connectivity index (χ1v) is 11.0. The van der Waals surface area contributed by atoms with Gasteiger partial charge in [0.25, 0.3) is 5.91 Å². The van der Waals surface area contributed by atoms with E-state index < -0.39 is 11.6 Å². The van der Waals surface area contributed by atoms with E-state index in [1.807, 2.05) is 30.3 Å². The molecule has 0 saturated carbocycles. The van der Waals surface area contributed by atoms with E-state index in [2.05, 4.69) is 10.6 Å². The third-order valence-corrected chi connectivity index (χ3v) is 5.36. The number of nitrogens with one attached hydrogen (secondary N) is 2. The second kappa shape index (κ2) is 10.1. The molecule has 0 fully saturated rings. The van der Waals surface area contributed by atoms with Gasteiger partial charge >= 0.3 is 5.97 Å². The molecule has 170 valence electrons. The Bertz CT molecular complexity index is 1000. The largest absolute Gasteiger partial charge is 0.482 e. The number of fused-ring (bicyclic) bond motifs is 1. The van der Waals surface area contributed by atoms with Crippen LogP contribution < -0.4 is 21.1 Å². The van der Waals surface area contributed by atoms with Crippen molar-refractivity contribution < 1.29 is 23.9 Å². The minimum Gasteiger partial charge on any atom is -0.482 e. The molecule has 2 amide bonds. The zero-order chi connectivity index (χ0) is 23.3. The lowest BCUT2D eigenvalue weighted by Crippen LogP contribution is -2.36. The van der Waals surface area contributed by atoms with Gasteiger partial charge < -0.3 is 25.8 Å². The zero-order valence-electron chi connectivity index (χ0n) is 18.3. The number of anilines is 2. The van der Waals surface area contributed by atoms with Crippen molar-refractivity contribution in [2.45, 2.75) is 55.0 Å². The molecule has 2 aromatic rings. The van der Waals surface area contributed by atoms with Gasteiger partial charge in [0.1, 0.15) is 11.4 Å². The number of carbonyl (C=O) groups excluding carboxylic acids is 3. The summed E-state index contributed by atoms with van der Waals surface area (Å²) in [5.74, 6) is -0.265. The molecule has 9 heteroatoms. The lowest BCUT2D eigenvalue weighted by atomic mass is 10.1. The molecule has 0 aromatic heterocycles. The first-order chi connectivity index (χ1) is 15.1. The van der Waals surface area contributed by atoms with E-state index in [1.165, 1.54) is 11.8 Å². The van der Waals surface area contributed by atoms with Crippen LogP contribution in [0, 0.1) is 0 Å². The molecular weight excluding hydrogens is 430 g/mol. The number of hydrogen-bond donors (Lipinski definition) is 3. The Morgan fingerprint density at radius 1 is 1.19 bits per heavy atom. The van der Waals surface area contributed by atoms with Crippen LogP contribution in [0.4, 0.5) is 11.4 Å². The Morgan fingerprint density at radius 3 is 2.56 bits per heavy atom. The van der Waals surface area contributed by atoms with Gasteiger partial charge in [-0.05, 0) is 69.7 Å². The second-order valence-corrected chi connectivity index (χ2v) is 9.49. The summed E-state index contributed by atoms with van der Waals surface area (Å²) in [7, 11) is 0. The number of rotatable bonds is 7. The molecule has 2 aromatic carbocycles. The van der Waals surface area contributed by atoms with E-state index in [0.29, 0.717) is 17.1 Å². The van der Waals surface area contributed by atoms with Crippen molar-refractivity contribution in [2.75, 3.05) is 17.2 Å².